The molecule has 1 saturated carbocycles. The molecule has 1 aliphatic heterocycles. The summed E-state index contributed by atoms with van der Waals surface area (Å²) < 4.78 is 5.35. The molecule has 2 aliphatic rings. The maximum absolute atomic E-state index is 11.0. The molecule has 2 fully saturated rings. The number of hydrogen-bond donors (Lipinski definition) is 3. The summed E-state index contributed by atoms with van der Waals surface area (Å²) in [6.45, 7) is 3.77. The SMILES string of the molecule is CN/C(=C\C=C1/CNC(=O)CO1)CNC1CCC(C)CC1. The van der Waals surface area contributed by atoms with Crippen molar-refractivity contribution in [3.8, 4) is 0 Å². The van der Waals surface area contributed by atoms with Crippen molar-refractivity contribution in [2.75, 3.05) is 26.7 Å². The van der Waals surface area contributed by atoms with Crippen LogP contribution in [0.25, 0.3) is 0 Å². The summed E-state index contributed by atoms with van der Waals surface area (Å²) in [5.74, 6) is 1.62. The zero-order valence-electron chi connectivity index (χ0n) is 13.1. The monoisotopic (exact) mass is 293 g/mol. The molecule has 0 bridgehead atoms. The average Bonchev–Trinajstić information content (AvgIpc) is 2.51. The van der Waals surface area contributed by atoms with Crippen molar-refractivity contribution in [3.05, 3.63) is 23.6 Å². The Morgan fingerprint density at radius 1 is 1.38 bits per heavy atom. The summed E-state index contributed by atoms with van der Waals surface area (Å²) in [7, 11) is 1.93. The lowest BCUT2D eigenvalue weighted by Crippen LogP contribution is -2.36. The number of ether oxygens (including phenoxy) is 1. The number of hydrogen-bond acceptors (Lipinski definition) is 4. The van der Waals surface area contributed by atoms with Gasteiger partial charge in [-0.2, -0.15) is 0 Å². The summed E-state index contributed by atoms with van der Waals surface area (Å²) >= 11 is 0. The lowest BCUT2D eigenvalue weighted by atomic mass is 9.87. The van der Waals surface area contributed by atoms with Gasteiger partial charge in [-0.15, -0.1) is 0 Å². The Bertz CT molecular complexity index is 398. The largest absolute Gasteiger partial charge is 0.486 e. The number of carbonyl (C=O) groups is 1. The Hall–Kier alpha value is -1.49. The van der Waals surface area contributed by atoms with Crippen molar-refractivity contribution in [2.24, 2.45) is 5.92 Å². The van der Waals surface area contributed by atoms with Gasteiger partial charge in [0.05, 0.1) is 6.54 Å². The van der Waals surface area contributed by atoms with Crippen LogP contribution >= 0.6 is 0 Å². The fourth-order valence-corrected chi connectivity index (χ4v) is 2.70. The molecule has 21 heavy (non-hydrogen) atoms. The van der Waals surface area contributed by atoms with Crippen LogP contribution in [-0.2, 0) is 9.53 Å². The Morgan fingerprint density at radius 3 is 2.76 bits per heavy atom. The average molecular weight is 293 g/mol. The van der Waals surface area contributed by atoms with Crippen LogP contribution in [-0.4, -0.2) is 38.7 Å². The third-order valence-electron chi connectivity index (χ3n) is 4.24. The van der Waals surface area contributed by atoms with Gasteiger partial charge in [0.15, 0.2) is 6.61 Å². The second-order valence-corrected chi connectivity index (χ2v) is 5.98. The van der Waals surface area contributed by atoms with E-state index >= 15 is 0 Å². The molecule has 2 rings (SSSR count). The fraction of sp³-hybridized carbons (Fsp3) is 0.688. The lowest BCUT2D eigenvalue weighted by molar-refractivity contribution is -0.126. The van der Waals surface area contributed by atoms with Crippen molar-refractivity contribution in [3.63, 3.8) is 0 Å². The molecule has 0 unspecified atom stereocenters. The molecule has 1 amide bonds. The number of likely N-dealkylation sites (N-methyl/N-ethyl adjacent to an activating group) is 1. The first kappa shape index (κ1) is 15.9. The Labute approximate surface area is 127 Å². The highest BCUT2D eigenvalue weighted by atomic mass is 16.5. The second-order valence-electron chi connectivity index (χ2n) is 5.98. The minimum atomic E-state index is -0.0573. The van der Waals surface area contributed by atoms with Crippen molar-refractivity contribution >= 4 is 5.91 Å². The normalized spacial score (nSPS) is 29.0. The first-order chi connectivity index (χ1) is 10.2. The van der Waals surface area contributed by atoms with Gasteiger partial charge in [-0.05, 0) is 43.8 Å². The molecular formula is C16H27N3O2. The summed E-state index contributed by atoms with van der Waals surface area (Å²) in [4.78, 5) is 11.0. The fourth-order valence-electron chi connectivity index (χ4n) is 2.70. The highest BCUT2D eigenvalue weighted by Crippen LogP contribution is 2.23. The van der Waals surface area contributed by atoms with E-state index in [1.807, 2.05) is 19.2 Å². The number of allylic oxidation sites excluding steroid dienone is 2. The van der Waals surface area contributed by atoms with Gasteiger partial charge in [0.1, 0.15) is 5.76 Å². The molecule has 118 valence electrons. The van der Waals surface area contributed by atoms with Crippen LogP contribution in [0.1, 0.15) is 32.6 Å². The minimum absolute atomic E-state index is 0.0573. The van der Waals surface area contributed by atoms with Crippen LogP contribution in [0, 0.1) is 5.92 Å². The maximum atomic E-state index is 11.0. The zero-order chi connectivity index (χ0) is 15.1. The van der Waals surface area contributed by atoms with Crippen molar-refractivity contribution in [1.29, 1.82) is 0 Å². The third kappa shape index (κ3) is 5.42. The highest BCUT2D eigenvalue weighted by Gasteiger charge is 2.17. The van der Waals surface area contributed by atoms with E-state index in [9.17, 15) is 4.79 Å². The van der Waals surface area contributed by atoms with E-state index in [1.54, 1.807) is 0 Å². The molecular weight excluding hydrogens is 266 g/mol. The molecule has 0 aromatic rings. The van der Waals surface area contributed by atoms with Gasteiger partial charge < -0.3 is 20.7 Å². The predicted molar refractivity (Wildman–Crippen MR) is 83.6 cm³/mol. The van der Waals surface area contributed by atoms with Gasteiger partial charge in [0, 0.05) is 25.3 Å². The van der Waals surface area contributed by atoms with Crippen LogP contribution in [0.2, 0.25) is 0 Å². The van der Waals surface area contributed by atoms with Crippen molar-refractivity contribution in [1.82, 2.24) is 16.0 Å². The lowest BCUT2D eigenvalue weighted by Gasteiger charge is -2.27. The third-order valence-corrected chi connectivity index (χ3v) is 4.24. The topological polar surface area (TPSA) is 62.4 Å². The smallest absolute Gasteiger partial charge is 0.258 e. The Morgan fingerprint density at radius 2 is 2.14 bits per heavy atom. The van der Waals surface area contributed by atoms with E-state index in [1.165, 1.54) is 25.7 Å². The van der Waals surface area contributed by atoms with Gasteiger partial charge in [-0.1, -0.05) is 6.92 Å². The molecule has 1 heterocycles. The van der Waals surface area contributed by atoms with E-state index in [4.69, 9.17) is 4.74 Å². The molecule has 0 spiro atoms. The molecule has 1 saturated heterocycles. The van der Waals surface area contributed by atoms with E-state index < -0.39 is 0 Å². The number of amides is 1. The second kappa shape index (κ2) is 8.08. The van der Waals surface area contributed by atoms with E-state index in [0.717, 1.165) is 23.9 Å². The van der Waals surface area contributed by atoms with Gasteiger partial charge in [0.2, 0.25) is 0 Å². The van der Waals surface area contributed by atoms with E-state index in [0.29, 0.717) is 12.6 Å². The maximum Gasteiger partial charge on any atom is 0.258 e. The summed E-state index contributed by atoms with van der Waals surface area (Å²) in [6.07, 6.45) is 9.14. The summed E-state index contributed by atoms with van der Waals surface area (Å²) in [5.41, 5.74) is 1.13. The summed E-state index contributed by atoms with van der Waals surface area (Å²) in [6, 6.07) is 0.635. The van der Waals surface area contributed by atoms with Gasteiger partial charge in [-0.25, -0.2) is 0 Å². The Kier molecular flexibility index (Phi) is 6.11. The summed E-state index contributed by atoms with van der Waals surface area (Å²) in [5, 5.41) is 9.59. The molecule has 5 nitrogen and oxygen atoms in total. The standard InChI is InChI=1S/C16H27N3O2/c1-12-3-5-13(6-4-12)18-9-14(17-2)7-8-15-10-19-16(20)11-21-15/h7-8,12-13,17-18H,3-6,9-11H2,1-2H3,(H,19,20)/b14-7-,15-8+. The minimum Gasteiger partial charge on any atom is -0.486 e. The molecule has 0 atom stereocenters. The first-order valence-corrected chi connectivity index (χ1v) is 7.87. The number of rotatable bonds is 5. The molecule has 0 aromatic carbocycles. The first-order valence-electron chi connectivity index (χ1n) is 7.87. The number of nitrogens with one attached hydrogen (secondary N) is 3. The van der Waals surface area contributed by atoms with Gasteiger partial charge >= 0.3 is 0 Å². The van der Waals surface area contributed by atoms with Crippen LogP contribution in [0.15, 0.2) is 23.6 Å². The predicted octanol–water partition coefficient (Wildman–Crippen LogP) is 1.29. The van der Waals surface area contributed by atoms with Crippen LogP contribution in [0.5, 0.6) is 0 Å². The van der Waals surface area contributed by atoms with Crippen molar-refractivity contribution in [2.45, 2.75) is 38.6 Å². The van der Waals surface area contributed by atoms with Crippen LogP contribution in [0.3, 0.4) is 0 Å². The van der Waals surface area contributed by atoms with Crippen LogP contribution in [0.4, 0.5) is 0 Å². The van der Waals surface area contributed by atoms with E-state index in [-0.39, 0.29) is 12.5 Å². The molecule has 5 heteroatoms. The van der Waals surface area contributed by atoms with Crippen molar-refractivity contribution < 1.29 is 9.53 Å². The van der Waals surface area contributed by atoms with E-state index in [2.05, 4.69) is 22.9 Å². The Balaban J connectivity index is 1.78. The molecule has 1 aliphatic carbocycles. The molecule has 0 aromatic heterocycles. The van der Waals surface area contributed by atoms with Gasteiger partial charge in [0.25, 0.3) is 5.91 Å². The van der Waals surface area contributed by atoms with Gasteiger partial charge in [-0.3, -0.25) is 4.79 Å². The number of carbonyl (C=O) groups excluding carboxylic acids is 1. The molecule has 0 radical (unpaired) electrons. The van der Waals surface area contributed by atoms with Crippen LogP contribution < -0.4 is 16.0 Å². The quantitative estimate of drug-likeness (QED) is 0.715. The molecule has 3 N–H and O–H groups in total. The number of morpholine rings is 1. The highest BCUT2D eigenvalue weighted by molar-refractivity contribution is 5.78. The zero-order valence-corrected chi connectivity index (χ0v) is 13.1.